The molecule has 0 spiro atoms. The van der Waals surface area contributed by atoms with Crippen LogP contribution in [0.1, 0.15) is 59.3 Å². The summed E-state index contributed by atoms with van der Waals surface area (Å²) in [5.74, 6) is -4.89. The Bertz CT molecular complexity index is 2500. The zero-order chi connectivity index (χ0) is 63.3. The molecule has 0 aliphatic carbocycles. The van der Waals surface area contributed by atoms with Crippen LogP contribution in [0.3, 0.4) is 0 Å². The second kappa shape index (κ2) is 35.0. The van der Waals surface area contributed by atoms with Crippen LogP contribution in [0, 0.1) is 17.8 Å². The van der Waals surface area contributed by atoms with E-state index in [9.17, 15) is 71.9 Å². The Kier molecular flexibility index (Phi) is 28.4. The maximum absolute atomic E-state index is 12.3. The molecule has 22 N–H and O–H groups in total. The molecule has 470 valence electrons. The molecule has 0 saturated carbocycles. The standard InChI is InChI=1S/2C15H23N7O6.C11H15N3O7.C4H10N4/c2*1-8(13(26)27)6-18-11(24)7-22-12(25)9(19-15(22)28)5-10(23)20-21-14-16-3-2-4-17-14;1-5(10(19)20)3-12-7(15)4-14-9(18)6(2-8(16)17)13-11(14)21;5-8-4-6-2-1-3-7-4/h2*8-9H,2-7H2,1H3,(H,18,24)(H,19,28)(H,20,23)(H,26,27)(H2,16,17,21);5-6H,2-4H2,1H3,(H,12,15)(H,13,21)(H,16,17)(H,19,20);1-3,5H2,(H2,6,7,8)/p+2/t2*8-,9-;5-,6-;/m000./s1. The lowest BCUT2D eigenvalue weighted by molar-refractivity contribution is -0.142. The Morgan fingerprint density at radius 2 is 0.835 bits per heavy atom. The SMILES string of the molecule is C[C@@H](CNC(=O)CN1C(=O)N[C@@H](CC(=O)NNC2=NCCCN2)C1=O)C(=O)O.C[C@@H](CNC(=O)CN1C(=O)N[C@@H](CC(=O)NNC2=NCCCN2)C1=O)C(=O)[OH2+].C[C@@H](CNC(=O)CN1C(=O)N[C@@H](CC(=O)O)C1=O)C(=O)[OH2+].NNC1=NCCCN1. The lowest BCUT2D eigenvalue weighted by Gasteiger charge is -2.17. The average molecular weight is 1210 g/mol. The zero-order valence-electron chi connectivity index (χ0n) is 46.5. The van der Waals surface area contributed by atoms with Crippen molar-refractivity contribution in [1.82, 2.24) is 89.7 Å². The lowest BCUT2D eigenvalue weighted by Crippen LogP contribution is -2.51. The predicted octanol–water partition coefficient (Wildman–Crippen LogP) is -10.4. The van der Waals surface area contributed by atoms with E-state index in [0.717, 1.165) is 45.4 Å². The molecule has 6 rings (SSSR count). The number of amides is 14. The average Bonchev–Trinajstić information content (AvgIpc) is 2.85. The highest BCUT2D eigenvalue weighted by molar-refractivity contribution is 6.09. The number of aliphatic imine (C=N–C) groups is 3. The van der Waals surface area contributed by atoms with Gasteiger partial charge in [-0.15, -0.1) is 0 Å². The van der Waals surface area contributed by atoms with Crippen molar-refractivity contribution in [1.29, 1.82) is 0 Å². The van der Waals surface area contributed by atoms with Crippen LogP contribution >= 0.6 is 0 Å². The van der Waals surface area contributed by atoms with Gasteiger partial charge in [-0.2, -0.15) is 0 Å². The van der Waals surface area contributed by atoms with E-state index in [1.54, 1.807) is 0 Å². The van der Waals surface area contributed by atoms with Gasteiger partial charge in [-0.05, 0) is 33.1 Å². The van der Waals surface area contributed by atoms with Crippen molar-refractivity contribution in [3.05, 3.63) is 0 Å². The fraction of sp³-hybridized carbons (Fsp3) is 0.600. The summed E-state index contributed by atoms with van der Waals surface area (Å²) < 4.78 is 0. The van der Waals surface area contributed by atoms with E-state index in [2.05, 4.69) is 90.0 Å². The number of nitrogens with two attached hydrogens (primary N) is 1. The number of hydrazine groups is 3. The van der Waals surface area contributed by atoms with Gasteiger partial charge in [0.1, 0.15) is 49.6 Å². The van der Waals surface area contributed by atoms with E-state index in [1.807, 2.05) is 0 Å². The fourth-order valence-electron chi connectivity index (χ4n) is 7.03. The second-order valence-corrected chi connectivity index (χ2v) is 19.0. The van der Waals surface area contributed by atoms with E-state index in [0.29, 0.717) is 45.7 Å². The molecule has 85 heavy (non-hydrogen) atoms. The molecule has 6 aliphatic heterocycles. The van der Waals surface area contributed by atoms with Crippen molar-refractivity contribution in [2.24, 2.45) is 38.6 Å². The van der Waals surface area contributed by atoms with Gasteiger partial charge >= 0.3 is 42.0 Å². The van der Waals surface area contributed by atoms with Gasteiger partial charge in [-0.3, -0.25) is 105 Å². The van der Waals surface area contributed by atoms with Gasteiger partial charge in [0.15, 0.2) is 0 Å². The van der Waals surface area contributed by atoms with Gasteiger partial charge < -0.3 is 68.3 Å². The van der Waals surface area contributed by atoms with E-state index in [1.165, 1.54) is 20.8 Å². The number of carboxylic acid groups (broad SMARTS) is 2. The summed E-state index contributed by atoms with van der Waals surface area (Å²) in [5, 5.41) is 53.9. The van der Waals surface area contributed by atoms with Crippen molar-refractivity contribution < 1.29 is 92.3 Å². The minimum atomic E-state index is -1.25. The van der Waals surface area contributed by atoms with Crippen LogP contribution in [0.25, 0.3) is 0 Å². The quantitative estimate of drug-likeness (QED) is 0.0220. The first kappa shape index (κ1) is 69.1. The molecule has 0 aromatic carbocycles. The minimum Gasteiger partial charge on any atom is -0.564 e. The van der Waals surface area contributed by atoms with Crippen LogP contribution < -0.4 is 80.8 Å². The molecular formula is C45H73N21O19+2. The molecule has 0 bridgehead atoms. The smallest absolute Gasteiger partial charge is 0.520 e. The summed E-state index contributed by atoms with van der Waals surface area (Å²) in [5.41, 5.74) is 12.4. The Labute approximate surface area is 482 Å². The Hall–Kier alpha value is -10.2. The molecule has 0 aromatic rings. The number of urea groups is 3. The van der Waals surface area contributed by atoms with Gasteiger partial charge in [0.05, 0.1) is 25.2 Å². The summed E-state index contributed by atoms with van der Waals surface area (Å²) in [6, 6.07) is -5.79. The summed E-state index contributed by atoms with van der Waals surface area (Å²) in [4.78, 5) is 188. The number of nitrogens with zero attached hydrogens (tertiary/aromatic N) is 6. The van der Waals surface area contributed by atoms with Crippen LogP contribution in [0.2, 0.25) is 0 Å². The molecular weight excluding hydrogens is 1140 g/mol. The van der Waals surface area contributed by atoms with E-state index in [-0.39, 0.29) is 32.5 Å². The van der Waals surface area contributed by atoms with Gasteiger partial charge in [0.25, 0.3) is 17.7 Å². The van der Waals surface area contributed by atoms with Crippen molar-refractivity contribution in [2.75, 3.05) is 78.5 Å². The van der Waals surface area contributed by atoms with Crippen LogP contribution in [0.4, 0.5) is 14.4 Å². The molecule has 6 heterocycles. The number of guanidine groups is 3. The molecule has 3 saturated heterocycles. The normalized spacial score (nSPS) is 19.6. The molecule has 6 aliphatic rings. The molecule has 6 atom stereocenters. The van der Waals surface area contributed by atoms with Gasteiger partial charge in [0.2, 0.25) is 47.4 Å². The highest BCUT2D eigenvalue weighted by Crippen LogP contribution is 2.12. The summed E-state index contributed by atoms with van der Waals surface area (Å²) in [7, 11) is 0. The minimum absolute atomic E-state index is 0.0692. The van der Waals surface area contributed by atoms with E-state index < -0.39 is 151 Å². The van der Waals surface area contributed by atoms with Gasteiger partial charge in [0, 0.05) is 68.5 Å². The summed E-state index contributed by atoms with van der Waals surface area (Å²) in [6.07, 6.45) is 1.69. The number of carbonyl (C=O) groups is 15. The lowest BCUT2D eigenvalue weighted by atomic mass is 10.2. The zero-order valence-corrected chi connectivity index (χ0v) is 46.5. The van der Waals surface area contributed by atoms with Crippen LogP contribution in [-0.2, 0) is 57.5 Å². The van der Waals surface area contributed by atoms with E-state index >= 15 is 0 Å². The number of aliphatic carboxylic acids is 2. The van der Waals surface area contributed by atoms with Crippen LogP contribution in [0.5, 0.6) is 0 Å². The number of imide groups is 3. The maximum atomic E-state index is 12.3. The molecule has 0 unspecified atom stereocenters. The second-order valence-electron chi connectivity index (χ2n) is 19.0. The first-order valence-corrected chi connectivity index (χ1v) is 26.2. The Morgan fingerprint density at radius 3 is 1.11 bits per heavy atom. The number of carbonyl (C=O) groups excluding carboxylic acids is 13. The third kappa shape index (κ3) is 24.4. The highest BCUT2D eigenvalue weighted by Gasteiger charge is 2.42. The molecule has 0 aromatic heterocycles. The predicted molar refractivity (Wildman–Crippen MR) is 290 cm³/mol. The van der Waals surface area contributed by atoms with Crippen molar-refractivity contribution in [2.45, 2.75) is 77.4 Å². The fourth-order valence-corrected chi connectivity index (χ4v) is 7.03. The molecule has 14 amide bonds. The number of carboxylic acids is 2. The molecule has 0 radical (unpaired) electrons. The number of rotatable bonds is 21. The Morgan fingerprint density at radius 1 is 0.518 bits per heavy atom. The Balaban J connectivity index is 0.000000315. The number of hydrogen-bond acceptors (Lipinski definition) is 25. The van der Waals surface area contributed by atoms with Gasteiger partial charge in [-0.25, -0.2) is 20.2 Å². The van der Waals surface area contributed by atoms with Gasteiger partial charge in [-0.1, -0.05) is 6.92 Å². The molecule has 40 heteroatoms. The summed E-state index contributed by atoms with van der Waals surface area (Å²) >= 11 is 0. The van der Waals surface area contributed by atoms with Crippen molar-refractivity contribution in [3.8, 4) is 0 Å². The van der Waals surface area contributed by atoms with Crippen LogP contribution in [-0.4, -0.2) is 239 Å². The van der Waals surface area contributed by atoms with Crippen LogP contribution in [0.15, 0.2) is 15.0 Å². The number of hydrogen-bond donors (Lipinski definition) is 17. The van der Waals surface area contributed by atoms with Crippen molar-refractivity contribution >= 4 is 107 Å². The third-order valence-electron chi connectivity index (χ3n) is 12.0. The first-order valence-electron chi connectivity index (χ1n) is 26.2. The first-order chi connectivity index (χ1) is 40.2. The monoisotopic (exact) mass is 1210 g/mol. The number of nitrogens with one attached hydrogen (secondary N) is 14. The van der Waals surface area contributed by atoms with Crippen molar-refractivity contribution in [3.63, 3.8) is 0 Å². The summed E-state index contributed by atoms with van der Waals surface area (Å²) in [6.45, 7) is 6.95. The third-order valence-corrected chi connectivity index (χ3v) is 12.0. The topological polar surface area (TPSA) is 584 Å². The highest BCUT2D eigenvalue weighted by atomic mass is 16.4. The maximum Gasteiger partial charge on any atom is 0.520 e. The molecule has 40 nitrogen and oxygen atoms in total. The largest absolute Gasteiger partial charge is 0.564 e. The van der Waals surface area contributed by atoms with E-state index in [4.69, 9.17) is 26.3 Å². The molecule has 3 fully saturated rings.